The highest BCUT2D eigenvalue weighted by molar-refractivity contribution is 6.20. The largest absolute Gasteiger partial charge is 0.310 e. The predicted molar refractivity (Wildman–Crippen MR) is 81.2 cm³/mol. The van der Waals surface area contributed by atoms with E-state index in [0.717, 1.165) is 29.2 Å². The molecule has 0 spiro atoms. The van der Waals surface area contributed by atoms with Crippen molar-refractivity contribution >= 4 is 22.8 Å². The molecule has 6 heteroatoms. The van der Waals surface area contributed by atoms with Gasteiger partial charge in [-0.25, -0.2) is 4.98 Å². The molecule has 2 aromatic heterocycles. The van der Waals surface area contributed by atoms with Crippen molar-refractivity contribution in [2.24, 2.45) is 7.05 Å². The van der Waals surface area contributed by atoms with Crippen molar-refractivity contribution in [1.29, 1.82) is 0 Å². The van der Waals surface area contributed by atoms with Gasteiger partial charge in [-0.15, -0.1) is 11.6 Å². The number of imidazole rings is 1. The number of hydrogen-bond donors (Lipinski definition) is 0. The predicted octanol–water partition coefficient (Wildman–Crippen LogP) is 2.47. The first kappa shape index (κ1) is 13.9. The normalized spacial score (nSPS) is 21.9. The molecule has 0 saturated carbocycles. The Morgan fingerprint density at radius 1 is 1.40 bits per heavy atom. The zero-order chi connectivity index (χ0) is 14.4. The van der Waals surface area contributed by atoms with Gasteiger partial charge in [0.05, 0.1) is 11.1 Å². The smallest absolute Gasteiger partial charge is 0.158 e. The van der Waals surface area contributed by atoms with Crippen LogP contribution in [0.1, 0.15) is 36.7 Å². The van der Waals surface area contributed by atoms with Gasteiger partial charge in [0.2, 0.25) is 0 Å². The van der Waals surface area contributed by atoms with Gasteiger partial charge in [-0.05, 0) is 40.3 Å². The fraction of sp³-hybridized carbons (Fsp3) is 0.714. The molecule has 110 valence electrons. The maximum absolute atomic E-state index is 6.34. The van der Waals surface area contributed by atoms with Gasteiger partial charge < -0.3 is 9.47 Å². The lowest BCUT2D eigenvalue weighted by Gasteiger charge is -2.21. The summed E-state index contributed by atoms with van der Waals surface area (Å²) in [4.78, 5) is 7.16. The zero-order valence-electron chi connectivity index (χ0n) is 12.6. The van der Waals surface area contributed by atoms with Crippen LogP contribution in [0.2, 0.25) is 0 Å². The van der Waals surface area contributed by atoms with E-state index in [-0.39, 0.29) is 5.38 Å². The lowest BCUT2D eigenvalue weighted by Crippen LogP contribution is -2.30. The van der Waals surface area contributed by atoms with Crippen molar-refractivity contribution < 1.29 is 0 Å². The maximum Gasteiger partial charge on any atom is 0.158 e. The van der Waals surface area contributed by atoms with Gasteiger partial charge >= 0.3 is 0 Å². The molecule has 20 heavy (non-hydrogen) atoms. The number of alkyl halides is 1. The maximum atomic E-state index is 6.34. The van der Waals surface area contributed by atoms with Crippen molar-refractivity contribution in [2.45, 2.75) is 44.7 Å². The first-order valence-electron chi connectivity index (χ1n) is 7.23. The summed E-state index contributed by atoms with van der Waals surface area (Å²) in [6, 6.07) is 0.566. The lowest BCUT2D eigenvalue weighted by atomic mass is 10.2. The van der Waals surface area contributed by atoms with Gasteiger partial charge in [0.1, 0.15) is 11.3 Å². The summed E-state index contributed by atoms with van der Waals surface area (Å²) in [6.45, 7) is 6.11. The summed E-state index contributed by atoms with van der Waals surface area (Å²) in [5.74, 6) is 0.957. The molecule has 5 nitrogen and oxygen atoms in total. The third-order valence-electron chi connectivity index (χ3n) is 4.34. The number of nitrogens with zero attached hydrogens (tertiary/aromatic N) is 5. The van der Waals surface area contributed by atoms with Crippen LogP contribution < -0.4 is 0 Å². The fourth-order valence-corrected chi connectivity index (χ4v) is 3.42. The number of rotatable bonds is 3. The van der Waals surface area contributed by atoms with Crippen LogP contribution in [0.3, 0.4) is 0 Å². The number of fused-ring (bicyclic) bond motifs is 1. The third-order valence-corrected chi connectivity index (χ3v) is 4.54. The summed E-state index contributed by atoms with van der Waals surface area (Å²) < 4.78 is 4.19. The van der Waals surface area contributed by atoms with Crippen LogP contribution >= 0.6 is 11.6 Å². The van der Waals surface area contributed by atoms with Crippen LogP contribution in [-0.2, 0) is 13.6 Å². The fourth-order valence-electron chi connectivity index (χ4n) is 3.26. The Balaban J connectivity index is 2.08. The van der Waals surface area contributed by atoms with E-state index in [1.165, 1.54) is 19.4 Å². The topological polar surface area (TPSA) is 38.9 Å². The number of likely N-dealkylation sites (tertiary alicyclic amines) is 1. The van der Waals surface area contributed by atoms with E-state index in [1.807, 2.05) is 25.6 Å². The van der Waals surface area contributed by atoms with E-state index in [1.54, 1.807) is 0 Å². The molecule has 0 aliphatic carbocycles. The van der Waals surface area contributed by atoms with Gasteiger partial charge in [-0.2, -0.15) is 5.10 Å². The van der Waals surface area contributed by atoms with Crippen LogP contribution in [0, 0.1) is 6.92 Å². The molecule has 2 unspecified atom stereocenters. The number of halogens is 1. The van der Waals surface area contributed by atoms with Crippen LogP contribution in [-0.4, -0.2) is 43.9 Å². The first-order chi connectivity index (χ1) is 9.49. The molecule has 2 atom stereocenters. The Labute approximate surface area is 124 Å². The number of aryl methyl sites for hydroxylation is 2. The van der Waals surface area contributed by atoms with E-state index < -0.39 is 0 Å². The summed E-state index contributed by atoms with van der Waals surface area (Å²) in [6.07, 6.45) is 2.51. The van der Waals surface area contributed by atoms with E-state index in [4.69, 9.17) is 16.6 Å². The van der Waals surface area contributed by atoms with Gasteiger partial charge in [0.15, 0.2) is 5.65 Å². The SMILES string of the molecule is Cc1nn(C)c2c1nc(C(C)Cl)n2CC1CCCN1C. The Kier molecular flexibility index (Phi) is 3.50. The minimum absolute atomic E-state index is 0.0893. The minimum atomic E-state index is -0.0893. The Bertz CT molecular complexity index is 627. The summed E-state index contributed by atoms with van der Waals surface area (Å²) in [5.41, 5.74) is 3.04. The van der Waals surface area contributed by atoms with Crippen molar-refractivity contribution in [3.63, 3.8) is 0 Å². The molecule has 1 aliphatic rings. The average Bonchev–Trinajstić information content (AvgIpc) is 3.01. The molecule has 2 aromatic rings. The van der Waals surface area contributed by atoms with E-state index in [2.05, 4.69) is 21.6 Å². The molecule has 1 fully saturated rings. The Morgan fingerprint density at radius 3 is 2.75 bits per heavy atom. The van der Waals surface area contributed by atoms with Crippen molar-refractivity contribution in [2.75, 3.05) is 13.6 Å². The summed E-state index contributed by atoms with van der Waals surface area (Å²) in [5, 5.41) is 4.39. The Hall–Kier alpha value is -1.07. The first-order valence-corrected chi connectivity index (χ1v) is 7.66. The van der Waals surface area contributed by atoms with Gasteiger partial charge in [-0.3, -0.25) is 4.68 Å². The molecule has 1 saturated heterocycles. The van der Waals surface area contributed by atoms with Gasteiger partial charge in [0.25, 0.3) is 0 Å². The quantitative estimate of drug-likeness (QED) is 0.817. The van der Waals surface area contributed by atoms with E-state index >= 15 is 0 Å². The lowest BCUT2D eigenvalue weighted by molar-refractivity contribution is 0.281. The summed E-state index contributed by atoms with van der Waals surface area (Å²) in [7, 11) is 4.18. The second-order valence-electron chi connectivity index (χ2n) is 5.85. The van der Waals surface area contributed by atoms with Gasteiger partial charge in [-0.1, -0.05) is 0 Å². The van der Waals surface area contributed by atoms with Crippen LogP contribution in [0.5, 0.6) is 0 Å². The van der Waals surface area contributed by atoms with Crippen molar-refractivity contribution in [3.05, 3.63) is 11.5 Å². The number of aromatic nitrogens is 4. The molecule has 0 bridgehead atoms. The average molecular weight is 296 g/mol. The van der Waals surface area contributed by atoms with E-state index in [0.29, 0.717) is 6.04 Å². The van der Waals surface area contributed by atoms with Crippen LogP contribution in [0.4, 0.5) is 0 Å². The second kappa shape index (κ2) is 5.04. The highest BCUT2D eigenvalue weighted by Crippen LogP contribution is 2.28. The monoisotopic (exact) mass is 295 g/mol. The molecule has 0 radical (unpaired) electrons. The molecule has 3 heterocycles. The molecule has 0 N–H and O–H groups in total. The van der Waals surface area contributed by atoms with Gasteiger partial charge in [0, 0.05) is 19.6 Å². The van der Waals surface area contributed by atoms with Crippen molar-refractivity contribution in [1.82, 2.24) is 24.2 Å². The summed E-state index contributed by atoms with van der Waals surface area (Å²) >= 11 is 6.34. The molecule has 3 rings (SSSR count). The standard InChI is InChI=1S/C14H22ClN5/c1-9(15)13-16-12-10(2)17-19(4)14(12)20(13)8-11-6-5-7-18(11)3/h9,11H,5-8H2,1-4H3. The van der Waals surface area contributed by atoms with Crippen LogP contribution in [0.25, 0.3) is 11.2 Å². The Morgan fingerprint density at radius 2 is 2.15 bits per heavy atom. The zero-order valence-corrected chi connectivity index (χ0v) is 13.4. The molecule has 1 aliphatic heterocycles. The van der Waals surface area contributed by atoms with Crippen molar-refractivity contribution in [3.8, 4) is 0 Å². The second-order valence-corrected chi connectivity index (χ2v) is 6.51. The molecular formula is C14H22ClN5. The highest BCUT2D eigenvalue weighted by atomic mass is 35.5. The van der Waals surface area contributed by atoms with E-state index in [9.17, 15) is 0 Å². The highest BCUT2D eigenvalue weighted by Gasteiger charge is 2.26. The molecule has 0 amide bonds. The van der Waals surface area contributed by atoms with Crippen LogP contribution in [0.15, 0.2) is 0 Å². The molecule has 0 aromatic carbocycles. The minimum Gasteiger partial charge on any atom is -0.310 e. The molecular weight excluding hydrogens is 274 g/mol. The number of hydrogen-bond acceptors (Lipinski definition) is 3. The number of likely N-dealkylation sites (N-methyl/N-ethyl adjacent to an activating group) is 1. The third kappa shape index (κ3) is 2.13.